The van der Waals surface area contributed by atoms with Crippen LogP contribution in [0.25, 0.3) is 0 Å². The van der Waals surface area contributed by atoms with Crippen LogP contribution in [0.1, 0.15) is 28.8 Å². The normalized spacial score (nSPS) is 16.3. The van der Waals surface area contributed by atoms with E-state index in [1.165, 1.54) is 0 Å². The number of nitrogens with one attached hydrogen (secondary N) is 1. The molecule has 0 saturated carbocycles. The fourth-order valence-corrected chi connectivity index (χ4v) is 3.80. The van der Waals surface area contributed by atoms with Crippen LogP contribution in [0.4, 0.5) is 0 Å². The van der Waals surface area contributed by atoms with E-state index in [0.29, 0.717) is 40.9 Å². The smallest absolute Gasteiger partial charge is 0.254 e. The lowest BCUT2D eigenvalue weighted by Crippen LogP contribution is -2.45. The Bertz CT molecular complexity index is 837. The highest BCUT2D eigenvalue weighted by molar-refractivity contribution is 6.35. The molecule has 0 radical (unpaired) electrons. The molecule has 0 aromatic heterocycles. The summed E-state index contributed by atoms with van der Waals surface area (Å²) in [5.41, 5.74) is 1.27. The molecule has 27 heavy (non-hydrogen) atoms. The molecule has 1 atom stereocenters. The third kappa shape index (κ3) is 4.54. The molecule has 1 unspecified atom stereocenters. The van der Waals surface area contributed by atoms with E-state index in [0.717, 1.165) is 12.0 Å². The summed E-state index contributed by atoms with van der Waals surface area (Å²) in [6.45, 7) is 0.861. The van der Waals surface area contributed by atoms with Gasteiger partial charge in [0.15, 0.2) is 0 Å². The minimum Gasteiger partial charge on any atom is -0.496 e. The van der Waals surface area contributed by atoms with Crippen molar-refractivity contribution >= 4 is 35.0 Å². The summed E-state index contributed by atoms with van der Waals surface area (Å²) in [5.74, 6) is 0.292. The zero-order chi connectivity index (χ0) is 19.4. The molecule has 2 aromatic rings. The summed E-state index contributed by atoms with van der Waals surface area (Å²) in [5, 5.41) is 3.69. The van der Waals surface area contributed by atoms with Gasteiger partial charge in [-0.1, -0.05) is 41.4 Å². The molecule has 3 rings (SSSR count). The number of likely N-dealkylation sites (tertiary alicyclic amines) is 1. The topological polar surface area (TPSA) is 58.6 Å². The number of rotatable bonds is 5. The number of amides is 2. The lowest BCUT2D eigenvalue weighted by molar-refractivity contribution is -0.125. The van der Waals surface area contributed by atoms with Gasteiger partial charge in [-0.2, -0.15) is 0 Å². The minimum absolute atomic E-state index is 0.181. The average Bonchev–Trinajstić information content (AvgIpc) is 3.14. The van der Waals surface area contributed by atoms with Crippen LogP contribution in [0.15, 0.2) is 42.5 Å². The highest BCUT2D eigenvalue weighted by Gasteiger charge is 2.34. The molecule has 0 spiro atoms. The van der Waals surface area contributed by atoms with Crippen molar-refractivity contribution in [1.82, 2.24) is 10.2 Å². The first kappa shape index (κ1) is 19.5. The number of halogens is 2. The zero-order valence-electron chi connectivity index (χ0n) is 14.9. The van der Waals surface area contributed by atoms with Crippen LogP contribution in [0.3, 0.4) is 0 Å². The van der Waals surface area contributed by atoms with Crippen LogP contribution in [-0.2, 0) is 11.3 Å². The molecule has 142 valence electrons. The number of nitrogens with zero attached hydrogens (tertiary/aromatic N) is 1. The van der Waals surface area contributed by atoms with Gasteiger partial charge in [-0.3, -0.25) is 9.59 Å². The van der Waals surface area contributed by atoms with Crippen LogP contribution >= 0.6 is 23.2 Å². The van der Waals surface area contributed by atoms with Crippen LogP contribution in [0.2, 0.25) is 10.0 Å². The molecule has 5 nitrogen and oxygen atoms in total. The van der Waals surface area contributed by atoms with Gasteiger partial charge in [-0.25, -0.2) is 0 Å². The van der Waals surface area contributed by atoms with E-state index in [2.05, 4.69) is 5.32 Å². The molecule has 7 heteroatoms. The largest absolute Gasteiger partial charge is 0.496 e. The van der Waals surface area contributed by atoms with Gasteiger partial charge in [0.1, 0.15) is 11.8 Å². The van der Waals surface area contributed by atoms with E-state index in [1.807, 2.05) is 24.3 Å². The third-order valence-electron chi connectivity index (χ3n) is 4.57. The van der Waals surface area contributed by atoms with Crippen molar-refractivity contribution in [3.63, 3.8) is 0 Å². The van der Waals surface area contributed by atoms with Crippen LogP contribution in [-0.4, -0.2) is 36.4 Å². The summed E-state index contributed by atoms with van der Waals surface area (Å²) in [4.78, 5) is 27.1. The Morgan fingerprint density at radius 1 is 1.19 bits per heavy atom. The van der Waals surface area contributed by atoms with E-state index in [-0.39, 0.29) is 11.8 Å². The van der Waals surface area contributed by atoms with Crippen LogP contribution in [0, 0.1) is 0 Å². The van der Waals surface area contributed by atoms with E-state index < -0.39 is 6.04 Å². The van der Waals surface area contributed by atoms with Crippen molar-refractivity contribution in [3.05, 3.63) is 63.6 Å². The second-order valence-corrected chi connectivity index (χ2v) is 7.22. The number of methoxy groups -OCH3 is 1. The fraction of sp³-hybridized carbons (Fsp3) is 0.300. The predicted octanol–water partition coefficient (Wildman–Crippen LogP) is 3.92. The first-order valence-electron chi connectivity index (χ1n) is 8.66. The number of benzene rings is 2. The fourth-order valence-electron chi connectivity index (χ4n) is 3.27. The zero-order valence-corrected chi connectivity index (χ0v) is 16.4. The number of carbonyl (C=O) groups excluding carboxylic acids is 2. The van der Waals surface area contributed by atoms with Gasteiger partial charge in [0, 0.05) is 34.3 Å². The van der Waals surface area contributed by atoms with Gasteiger partial charge in [0.2, 0.25) is 5.91 Å². The molecular weight excluding hydrogens is 387 g/mol. The Balaban J connectivity index is 1.70. The van der Waals surface area contributed by atoms with Crippen LogP contribution in [0.5, 0.6) is 5.75 Å². The van der Waals surface area contributed by atoms with Crippen molar-refractivity contribution in [3.8, 4) is 5.75 Å². The first-order chi connectivity index (χ1) is 13.0. The molecule has 1 N–H and O–H groups in total. The summed E-state index contributed by atoms with van der Waals surface area (Å²) >= 11 is 12.0. The molecule has 1 aliphatic heterocycles. The van der Waals surface area contributed by atoms with Crippen molar-refractivity contribution in [2.75, 3.05) is 13.7 Å². The first-order valence-corrected chi connectivity index (χ1v) is 9.42. The number of hydrogen-bond acceptors (Lipinski definition) is 3. The van der Waals surface area contributed by atoms with Crippen molar-refractivity contribution in [2.24, 2.45) is 0 Å². The Kier molecular flexibility index (Phi) is 6.24. The van der Waals surface area contributed by atoms with Gasteiger partial charge in [-0.15, -0.1) is 0 Å². The number of para-hydroxylation sites is 1. The van der Waals surface area contributed by atoms with Gasteiger partial charge in [-0.05, 0) is 37.1 Å². The number of carbonyl (C=O) groups is 2. The maximum atomic E-state index is 12.8. The Hall–Kier alpha value is -2.24. The average molecular weight is 407 g/mol. The molecule has 2 aromatic carbocycles. The maximum Gasteiger partial charge on any atom is 0.254 e. The summed E-state index contributed by atoms with van der Waals surface area (Å²) in [6, 6.07) is 11.7. The second kappa shape index (κ2) is 8.63. The van der Waals surface area contributed by atoms with Crippen LogP contribution < -0.4 is 10.1 Å². The Labute approximate surface area is 168 Å². The van der Waals surface area contributed by atoms with Gasteiger partial charge < -0.3 is 15.0 Å². The van der Waals surface area contributed by atoms with E-state index in [1.54, 1.807) is 30.2 Å². The monoisotopic (exact) mass is 406 g/mol. The maximum absolute atomic E-state index is 12.8. The second-order valence-electron chi connectivity index (χ2n) is 6.34. The standard InChI is InChI=1S/C20H20Cl2N2O3/c1-27-18-7-3-2-5-13(18)12-23-19(25)17-6-4-8-24(17)20(26)14-9-15(21)11-16(22)10-14/h2-3,5,7,9-11,17H,4,6,8,12H2,1H3,(H,23,25). The number of ether oxygens (including phenoxy) is 1. The summed E-state index contributed by atoms with van der Waals surface area (Å²) < 4.78 is 5.30. The van der Waals surface area contributed by atoms with Crippen molar-refractivity contribution in [1.29, 1.82) is 0 Å². The van der Waals surface area contributed by atoms with Gasteiger partial charge >= 0.3 is 0 Å². The summed E-state index contributed by atoms with van der Waals surface area (Å²) in [7, 11) is 1.59. The van der Waals surface area contributed by atoms with Crippen molar-refractivity contribution in [2.45, 2.75) is 25.4 Å². The van der Waals surface area contributed by atoms with E-state index in [9.17, 15) is 9.59 Å². The third-order valence-corrected chi connectivity index (χ3v) is 5.01. The van der Waals surface area contributed by atoms with Gasteiger partial charge in [0.05, 0.1) is 7.11 Å². The molecule has 2 amide bonds. The highest BCUT2D eigenvalue weighted by Crippen LogP contribution is 2.25. The molecular formula is C20H20Cl2N2O3. The SMILES string of the molecule is COc1ccccc1CNC(=O)C1CCCN1C(=O)c1cc(Cl)cc(Cl)c1. The molecule has 1 heterocycles. The van der Waals surface area contributed by atoms with E-state index in [4.69, 9.17) is 27.9 Å². The van der Waals surface area contributed by atoms with Gasteiger partial charge in [0.25, 0.3) is 5.91 Å². The molecule has 1 fully saturated rings. The lowest BCUT2D eigenvalue weighted by atomic mass is 10.1. The van der Waals surface area contributed by atoms with E-state index >= 15 is 0 Å². The highest BCUT2D eigenvalue weighted by atomic mass is 35.5. The predicted molar refractivity (Wildman–Crippen MR) is 105 cm³/mol. The van der Waals surface area contributed by atoms with Crippen molar-refractivity contribution < 1.29 is 14.3 Å². The Morgan fingerprint density at radius 3 is 2.59 bits per heavy atom. The molecule has 0 bridgehead atoms. The number of hydrogen-bond donors (Lipinski definition) is 1. The molecule has 1 saturated heterocycles. The Morgan fingerprint density at radius 2 is 1.89 bits per heavy atom. The quantitative estimate of drug-likeness (QED) is 0.818. The lowest BCUT2D eigenvalue weighted by Gasteiger charge is -2.24. The minimum atomic E-state index is -0.509. The molecule has 0 aliphatic carbocycles. The summed E-state index contributed by atoms with van der Waals surface area (Å²) in [6.07, 6.45) is 1.39. The molecule has 1 aliphatic rings.